The summed E-state index contributed by atoms with van der Waals surface area (Å²) in [6.07, 6.45) is 9.32. The molecule has 2 unspecified atom stereocenters. The van der Waals surface area contributed by atoms with Crippen LogP contribution in [-0.4, -0.2) is 24.1 Å². The zero-order chi connectivity index (χ0) is 18.4. The molecule has 142 valence electrons. The lowest BCUT2D eigenvalue weighted by Crippen LogP contribution is -2.20. The van der Waals surface area contributed by atoms with E-state index in [1.807, 2.05) is 27.7 Å². The third kappa shape index (κ3) is 13.4. The Bertz CT molecular complexity index is 339. The zero-order valence-electron chi connectivity index (χ0n) is 16.4. The van der Waals surface area contributed by atoms with Crippen LogP contribution in [0.5, 0.6) is 0 Å². The van der Waals surface area contributed by atoms with E-state index in [2.05, 4.69) is 6.92 Å². The molecule has 0 aromatic heterocycles. The highest BCUT2D eigenvalue weighted by Crippen LogP contribution is 2.12. The van der Waals surface area contributed by atoms with E-state index in [0.29, 0.717) is 12.3 Å². The monoisotopic (exact) mass is 342 g/mol. The van der Waals surface area contributed by atoms with E-state index in [9.17, 15) is 9.59 Å². The summed E-state index contributed by atoms with van der Waals surface area (Å²) >= 11 is 0. The van der Waals surface area contributed by atoms with Crippen molar-refractivity contribution in [3.05, 3.63) is 0 Å². The second kappa shape index (κ2) is 14.3. The molecular weight excluding hydrogens is 304 g/mol. The summed E-state index contributed by atoms with van der Waals surface area (Å²) in [5, 5.41) is 0. The predicted molar refractivity (Wildman–Crippen MR) is 97.8 cm³/mol. The lowest BCUT2D eigenvalue weighted by molar-refractivity contribution is -0.151. The molecule has 0 aliphatic carbocycles. The highest BCUT2D eigenvalue weighted by molar-refractivity contribution is 5.72. The van der Waals surface area contributed by atoms with Crippen molar-refractivity contribution in [3.63, 3.8) is 0 Å². The van der Waals surface area contributed by atoms with E-state index in [1.165, 1.54) is 32.1 Å². The third-order valence-corrected chi connectivity index (χ3v) is 4.31. The Morgan fingerprint density at radius 3 is 1.88 bits per heavy atom. The summed E-state index contributed by atoms with van der Waals surface area (Å²) in [5.74, 6) is -0.135. The molecule has 2 atom stereocenters. The van der Waals surface area contributed by atoms with Crippen molar-refractivity contribution in [2.45, 2.75) is 111 Å². The molecule has 0 rings (SSSR count). The Hall–Kier alpha value is -1.06. The smallest absolute Gasteiger partial charge is 0.306 e. The van der Waals surface area contributed by atoms with Crippen LogP contribution in [0.3, 0.4) is 0 Å². The van der Waals surface area contributed by atoms with Crippen LogP contribution in [0.2, 0.25) is 0 Å². The molecule has 0 bridgehead atoms. The van der Waals surface area contributed by atoms with Crippen molar-refractivity contribution < 1.29 is 19.1 Å². The number of hydrogen-bond donors (Lipinski definition) is 0. The van der Waals surface area contributed by atoms with Gasteiger partial charge >= 0.3 is 11.9 Å². The molecule has 0 aliphatic rings. The van der Waals surface area contributed by atoms with Crippen molar-refractivity contribution in [1.29, 1.82) is 0 Å². The van der Waals surface area contributed by atoms with Crippen molar-refractivity contribution in [3.8, 4) is 0 Å². The quantitative estimate of drug-likeness (QED) is 0.312. The fraction of sp³-hybridized carbons (Fsp3) is 0.900. The number of carbonyl (C=O) groups excluding carboxylic acids is 2. The fourth-order valence-corrected chi connectivity index (χ4v) is 2.33. The van der Waals surface area contributed by atoms with Crippen LogP contribution in [0, 0.1) is 5.92 Å². The summed E-state index contributed by atoms with van der Waals surface area (Å²) in [6.45, 7) is 10.1. The number of rotatable bonds is 14. The second-order valence-electron chi connectivity index (χ2n) is 7.15. The SMILES string of the molecule is CCCCCCCCC(C)OC(=O)CCCC(=O)OC(C)C(C)C. The largest absolute Gasteiger partial charge is 0.463 e. The molecular formula is C20H38O4. The summed E-state index contributed by atoms with van der Waals surface area (Å²) in [6, 6.07) is 0. The van der Waals surface area contributed by atoms with Gasteiger partial charge in [0.25, 0.3) is 0 Å². The normalized spacial score (nSPS) is 13.6. The average molecular weight is 343 g/mol. The first-order valence-corrected chi connectivity index (χ1v) is 9.75. The molecule has 0 spiro atoms. The average Bonchev–Trinajstić information content (AvgIpc) is 2.50. The summed E-state index contributed by atoms with van der Waals surface area (Å²) in [5.41, 5.74) is 0. The van der Waals surface area contributed by atoms with Crippen LogP contribution in [0.1, 0.15) is 98.8 Å². The molecule has 0 amide bonds. The van der Waals surface area contributed by atoms with E-state index < -0.39 is 0 Å². The van der Waals surface area contributed by atoms with Gasteiger partial charge in [-0.05, 0) is 39.0 Å². The summed E-state index contributed by atoms with van der Waals surface area (Å²) < 4.78 is 10.7. The Kier molecular flexibility index (Phi) is 13.7. The second-order valence-corrected chi connectivity index (χ2v) is 7.15. The molecule has 0 saturated carbocycles. The van der Waals surface area contributed by atoms with Gasteiger partial charge in [0.1, 0.15) is 6.10 Å². The van der Waals surface area contributed by atoms with Gasteiger partial charge in [-0.25, -0.2) is 0 Å². The van der Waals surface area contributed by atoms with Crippen molar-refractivity contribution in [1.82, 2.24) is 0 Å². The molecule has 24 heavy (non-hydrogen) atoms. The van der Waals surface area contributed by atoms with Gasteiger partial charge in [0.2, 0.25) is 0 Å². The standard InChI is InChI=1S/C20H38O4/c1-6-7-8-9-10-11-13-17(4)23-19(21)14-12-15-20(22)24-18(5)16(2)3/h16-18H,6-15H2,1-5H3. The first kappa shape index (κ1) is 22.9. The van der Waals surface area contributed by atoms with Crippen LogP contribution < -0.4 is 0 Å². The first-order chi connectivity index (χ1) is 11.4. The molecule has 4 heteroatoms. The Labute approximate surface area is 148 Å². The molecule has 0 aromatic rings. The van der Waals surface area contributed by atoms with Crippen molar-refractivity contribution in [2.24, 2.45) is 5.92 Å². The fourth-order valence-electron chi connectivity index (χ4n) is 2.33. The van der Waals surface area contributed by atoms with Gasteiger partial charge in [-0.2, -0.15) is 0 Å². The van der Waals surface area contributed by atoms with Crippen LogP contribution >= 0.6 is 0 Å². The molecule has 0 aromatic carbocycles. The number of carbonyl (C=O) groups is 2. The first-order valence-electron chi connectivity index (χ1n) is 9.75. The minimum atomic E-state index is -0.232. The Balaban J connectivity index is 3.65. The maximum atomic E-state index is 11.8. The predicted octanol–water partition coefficient (Wildman–Crippen LogP) is 5.43. The lowest BCUT2D eigenvalue weighted by atomic mass is 10.1. The van der Waals surface area contributed by atoms with Gasteiger partial charge < -0.3 is 9.47 Å². The minimum Gasteiger partial charge on any atom is -0.463 e. The maximum Gasteiger partial charge on any atom is 0.306 e. The molecule has 0 heterocycles. The molecule has 0 N–H and O–H groups in total. The molecule has 0 aliphatic heterocycles. The van der Waals surface area contributed by atoms with Gasteiger partial charge in [-0.1, -0.05) is 52.9 Å². The highest BCUT2D eigenvalue weighted by Gasteiger charge is 2.14. The topological polar surface area (TPSA) is 52.6 Å². The van der Waals surface area contributed by atoms with E-state index in [4.69, 9.17) is 9.47 Å². The van der Waals surface area contributed by atoms with Gasteiger partial charge in [0.15, 0.2) is 0 Å². The maximum absolute atomic E-state index is 11.8. The van der Waals surface area contributed by atoms with Gasteiger partial charge in [-0.3, -0.25) is 9.59 Å². The summed E-state index contributed by atoms with van der Waals surface area (Å²) in [4.78, 5) is 23.4. The molecule has 0 fully saturated rings. The van der Waals surface area contributed by atoms with E-state index in [-0.39, 0.29) is 37.0 Å². The minimum absolute atomic E-state index is 0.0309. The summed E-state index contributed by atoms with van der Waals surface area (Å²) in [7, 11) is 0. The zero-order valence-corrected chi connectivity index (χ0v) is 16.4. The molecule has 0 saturated heterocycles. The Morgan fingerprint density at radius 2 is 1.29 bits per heavy atom. The van der Waals surface area contributed by atoms with Crippen LogP contribution in [-0.2, 0) is 19.1 Å². The number of unbranched alkanes of at least 4 members (excludes halogenated alkanes) is 5. The van der Waals surface area contributed by atoms with E-state index in [1.54, 1.807) is 0 Å². The Morgan fingerprint density at radius 1 is 0.750 bits per heavy atom. The van der Waals surface area contributed by atoms with Crippen LogP contribution in [0.4, 0.5) is 0 Å². The van der Waals surface area contributed by atoms with Crippen LogP contribution in [0.25, 0.3) is 0 Å². The van der Waals surface area contributed by atoms with E-state index >= 15 is 0 Å². The lowest BCUT2D eigenvalue weighted by Gasteiger charge is -2.16. The van der Waals surface area contributed by atoms with Crippen LogP contribution in [0.15, 0.2) is 0 Å². The van der Waals surface area contributed by atoms with Gasteiger partial charge in [0.05, 0.1) is 6.10 Å². The number of hydrogen-bond acceptors (Lipinski definition) is 4. The molecule has 0 radical (unpaired) electrons. The highest BCUT2D eigenvalue weighted by atomic mass is 16.5. The van der Waals surface area contributed by atoms with E-state index in [0.717, 1.165) is 12.8 Å². The van der Waals surface area contributed by atoms with Crippen molar-refractivity contribution >= 4 is 11.9 Å². The third-order valence-electron chi connectivity index (χ3n) is 4.31. The number of esters is 2. The number of ether oxygens (including phenoxy) is 2. The molecule has 4 nitrogen and oxygen atoms in total. The van der Waals surface area contributed by atoms with Gasteiger partial charge in [0, 0.05) is 12.8 Å². The van der Waals surface area contributed by atoms with Crippen molar-refractivity contribution in [2.75, 3.05) is 0 Å². The van der Waals surface area contributed by atoms with Gasteiger partial charge in [-0.15, -0.1) is 0 Å².